The first kappa shape index (κ1) is 17.0. The lowest BCUT2D eigenvalue weighted by Gasteiger charge is -2.19. The Labute approximate surface area is 139 Å². The summed E-state index contributed by atoms with van der Waals surface area (Å²) in [5.74, 6) is 0.0000598. The minimum absolute atomic E-state index is 0.147. The smallest absolute Gasteiger partial charge is 0.435 e. The molecule has 1 N–H and O–H groups in total. The zero-order valence-electron chi connectivity index (χ0n) is 13.2. The van der Waals surface area contributed by atoms with Gasteiger partial charge < -0.3 is 10.1 Å². The van der Waals surface area contributed by atoms with Crippen LogP contribution < -0.4 is 5.32 Å². The predicted octanol–water partition coefficient (Wildman–Crippen LogP) is 3.99. The Morgan fingerprint density at radius 1 is 1.43 bits per heavy atom. The number of nitrogens with one attached hydrogen (secondary N) is 1. The average molecular weight is 336 g/mol. The Morgan fingerprint density at radius 2 is 2.13 bits per heavy atom. The molecule has 0 spiro atoms. The van der Waals surface area contributed by atoms with Crippen molar-refractivity contribution in [3.05, 3.63) is 35.9 Å². The number of fused-ring (bicyclic) bond motifs is 1. The second-order valence-electron chi connectivity index (χ2n) is 5.94. The summed E-state index contributed by atoms with van der Waals surface area (Å²) in [5.41, 5.74) is -0.208. The lowest BCUT2D eigenvalue weighted by Crippen LogP contribution is -2.27. The van der Waals surface area contributed by atoms with E-state index in [2.05, 4.69) is 17.0 Å². The number of carbonyl (C=O) groups is 2. The summed E-state index contributed by atoms with van der Waals surface area (Å²) in [5, 5.41) is 7.85. The molecule has 0 aliphatic carbocycles. The normalized spacial score (nSPS) is 11.3. The van der Waals surface area contributed by atoms with E-state index < -0.39 is 11.7 Å². The molecule has 1 aromatic heterocycles. The number of aromatic nitrogens is 2. The van der Waals surface area contributed by atoms with Gasteiger partial charge in [0.25, 0.3) is 0 Å². The second kappa shape index (κ2) is 6.42. The highest BCUT2D eigenvalue weighted by atomic mass is 35.5. The Morgan fingerprint density at radius 3 is 2.74 bits per heavy atom. The number of carbonyl (C=O) groups excluding carboxylic acids is 2. The van der Waals surface area contributed by atoms with Crippen molar-refractivity contribution in [1.29, 1.82) is 0 Å². The number of amides is 1. The van der Waals surface area contributed by atoms with Crippen molar-refractivity contribution in [2.45, 2.75) is 32.8 Å². The van der Waals surface area contributed by atoms with E-state index in [1.54, 1.807) is 39.0 Å². The van der Waals surface area contributed by atoms with Gasteiger partial charge in [0.2, 0.25) is 5.91 Å². The van der Waals surface area contributed by atoms with Gasteiger partial charge in [0.15, 0.2) is 5.82 Å². The van der Waals surface area contributed by atoms with Crippen molar-refractivity contribution >= 4 is 40.3 Å². The molecule has 7 heteroatoms. The van der Waals surface area contributed by atoms with Crippen LogP contribution in [0.25, 0.3) is 10.9 Å². The number of hydrogen-bond acceptors (Lipinski definition) is 4. The molecule has 23 heavy (non-hydrogen) atoms. The molecular weight excluding hydrogens is 318 g/mol. The van der Waals surface area contributed by atoms with Gasteiger partial charge in [-0.25, -0.2) is 4.79 Å². The molecule has 0 aliphatic rings. The van der Waals surface area contributed by atoms with Crippen molar-refractivity contribution in [3.8, 4) is 0 Å². The predicted molar refractivity (Wildman–Crippen MR) is 89.8 cm³/mol. The van der Waals surface area contributed by atoms with Crippen LogP contribution in [0.1, 0.15) is 27.2 Å². The van der Waals surface area contributed by atoms with Crippen molar-refractivity contribution in [2.75, 3.05) is 5.32 Å². The van der Waals surface area contributed by atoms with Crippen LogP contribution in [0.5, 0.6) is 0 Å². The third kappa shape index (κ3) is 4.10. The highest BCUT2D eigenvalue weighted by Gasteiger charge is 2.22. The Bertz CT molecular complexity index is 775. The fraction of sp³-hybridized carbons (Fsp3) is 0.312. The molecular formula is C16H18ClN3O3. The molecule has 0 saturated carbocycles. The quantitative estimate of drug-likeness (QED) is 0.861. The van der Waals surface area contributed by atoms with Crippen LogP contribution in [-0.2, 0) is 9.53 Å². The summed E-state index contributed by atoms with van der Waals surface area (Å²) in [4.78, 5) is 24.1. The molecule has 0 unspecified atom stereocenters. The maximum atomic E-state index is 12.3. The van der Waals surface area contributed by atoms with Crippen LogP contribution in [0.15, 0.2) is 30.9 Å². The molecule has 1 aromatic carbocycles. The van der Waals surface area contributed by atoms with Gasteiger partial charge in [0, 0.05) is 16.8 Å². The summed E-state index contributed by atoms with van der Waals surface area (Å²) < 4.78 is 6.42. The molecule has 0 bridgehead atoms. The number of rotatable bonds is 3. The molecule has 0 atom stereocenters. The van der Waals surface area contributed by atoms with E-state index in [0.717, 1.165) is 4.68 Å². The monoisotopic (exact) mass is 335 g/mol. The molecule has 0 aliphatic heterocycles. The van der Waals surface area contributed by atoms with Gasteiger partial charge in [0.1, 0.15) is 5.60 Å². The fourth-order valence-corrected chi connectivity index (χ4v) is 2.11. The lowest BCUT2D eigenvalue weighted by atomic mass is 10.2. The summed E-state index contributed by atoms with van der Waals surface area (Å²) in [7, 11) is 0. The van der Waals surface area contributed by atoms with Crippen LogP contribution in [0, 0.1) is 0 Å². The first-order valence-corrected chi connectivity index (χ1v) is 7.41. The average Bonchev–Trinajstić information content (AvgIpc) is 2.75. The third-order valence-electron chi connectivity index (χ3n) is 2.80. The SMILES string of the molecule is C=CCC(=O)Nc1nn(C(=O)OC(C)(C)C)c2cc(Cl)ccc12. The van der Waals surface area contributed by atoms with Crippen LogP contribution in [-0.4, -0.2) is 27.4 Å². The highest BCUT2D eigenvalue weighted by Crippen LogP contribution is 2.27. The number of hydrogen-bond donors (Lipinski definition) is 1. The van der Waals surface area contributed by atoms with Gasteiger partial charge in [-0.3, -0.25) is 4.79 Å². The number of benzene rings is 1. The largest absolute Gasteiger partial charge is 0.442 e. The molecule has 0 fully saturated rings. The van der Waals surface area contributed by atoms with Gasteiger partial charge in [-0.15, -0.1) is 11.7 Å². The van der Waals surface area contributed by atoms with Gasteiger partial charge >= 0.3 is 6.09 Å². The van der Waals surface area contributed by atoms with Crippen LogP contribution in [0.2, 0.25) is 5.02 Å². The Balaban J connectivity index is 2.48. The fourth-order valence-electron chi connectivity index (χ4n) is 1.94. The van der Waals surface area contributed by atoms with E-state index >= 15 is 0 Å². The maximum absolute atomic E-state index is 12.3. The van der Waals surface area contributed by atoms with E-state index in [0.29, 0.717) is 15.9 Å². The first-order chi connectivity index (χ1) is 10.7. The summed E-state index contributed by atoms with van der Waals surface area (Å²) in [6.07, 6.45) is 0.988. The maximum Gasteiger partial charge on any atom is 0.435 e. The summed E-state index contributed by atoms with van der Waals surface area (Å²) in [6.45, 7) is 8.79. The van der Waals surface area contributed by atoms with Gasteiger partial charge in [-0.05, 0) is 39.0 Å². The number of nitrogens with zero attached hydrogens (tertiary/aromatic N) is 2. The van der Waals surface area contributed by atoms with E-state index in [1.807, 2.05) is 0 Å². The highest BCUT2D eigenvalue weighted by molar-refractivity contribution is 6.31. The number of ether oxygens (including phenoxy) is 1. The Kier molecular flexibility index (Phi) is 4.75. The van der Waals surface area contributed by atoms with E-state index in [1.165, 1.54) is 6.08 Å². The van der Waals surface area contributed by atoms with Crippen LogP contribution in [0.3, 0.4) is 0 Å². The van der Waals surface area contributed by atoms with Crippen molar-refractivity contribution in [1.82, 2.24) is 9.78 Å². The minimum Gasteiger partial charge on any atom is -0.442 e. The van der Waals surface area contributed by atoms with Crippen molar-refractivity contribution < 1.29 is 14.3 Å². The first-order valence-electron chi connectivity index (χ1n) is 7.03. The van der Waals surface area contributed by atoms with Crippen LogP contribution in [0.4, 0.5) is 10.6 Å². The molecule has 0 radical (unpaired) electrons. The van der Waals surface area contributed by atoms with Gasteiger partial charge in [-0.2, -0.15) is 4.68 Å². The summed E-state index contributed by atoms with van der Waals surface area (Å²) in [6, 6.07) is 4.94. The lowest BCUT2D eigenvalue weighted by molar-refractivity contribution is -0.115. The molecule has 2 rings (SSSR count). The minimum atomic E-state index is -0.666. The number of anilines is 1. The molecule has 122 valence electrons. The summed E-state index contributed by atoms with van der Waals surface area (Å²) >= 11 is 6.00. The van der Waals surface area contributed by atoms with E-state index in [9.17, 15) is 9.59 Å². The van der Waals surface area contributed by atoms with Crippen LogP contribution >= 0.6 is 11.6 Å². The standard InChI is InChI=1S/C16H18ClN3O3/c1-5-6-13(21)18-14-11-8-7-10(17)9-12(11)20(19-14)15(22)23-16(2,3)4/h5,7-9H,1,6H2,2-4H3,(H,18,19,21). The zero-order chi connectivity index (χ0) is 17.2. The number of halogens is 1. The van der Waals surface area contributed by atoms with E-state index in [4.69, 9.17) is 16.3 Å². The van der Waals surface area contributed by atoms with Gasteiger partial charge in [0.05, 0.1) is 5.52 Å². The molecule has 1 amide bonds. The zero-order valence-corrected chi connectivity index (χ0v) is 14.0. The van der Waals surface area contributed by atoms with E-state index in [-0.39, 0.29) is 18.1 Å². The second-order valence-corrected chi connectivity index (χ2v) is 6.38. The molecule has 0 saturated heterocycles. The van der Waals surface area contributed by atoms with Crippen molar-refractivity contribution in [3.63, 3.8) is 0 Å². The van der Waals surface area contributed by atoms with Gasteiger partial charge in [-0.1, -0.05) is 17.7 Å². The molecule has 1 heterocycles. The third-order valence-corrected chi connectivity index (χ3v) is 3.03. The molecule has 2 aromatic rings. The van der Waals surface area contributed by atoms with Crippen molar-refractivity contribution in [2.24, 2.45) is 0 Å². The molecule has 6 nitrogen and oxygen atoms in total. The Hall–Kier alpha value is -2.34. The topological polar surface area (TPSA) is 73.2 Å².